The van der Waals surface area contributed by atoms with Crippen molar-refractivity contribution in [2.45, 2.75) is 141 Å². The third kappa shape index (κ3) is 6.46. The molecule has 2 saturated carbocycles. The second-order valence-corrected chi connectivity index (χ2v) is 13.0. The zero-order valence-corrected chi connectivity index (χ0v) is 24.3. The molecule has 3 aliphatic rings. The quantitative estimate of drug-likeness (QED) is 0.302. The third-order valence-electron chi connectivity index (χ3n) is 9.21. The van der Waals surface area contributed by atoms with Gasteiger partial charge in [-0.3, -0.25) is 9.59 Å². The second-order valence-electron chi connectivity index (χ2n) is 13.0. The highest BCUT2D eigenvalue weighted by atomic mass is 16.7. The van der Waals surface area contributed by atoms with Crippen LogP contribution in [0.25, 0.3) is 0 Å². The van der Waals surface area contributed by atoms with E-state index in [-0.39, 0.29) is 12.5 Å². The van der Waals surface area contributed by atoms with Crippen LogP contribution in [-0.4, -0.2) is 64.0 Å². The Hall–Kier alpha value is -1.87. The number of aliphatic carboxylic acids is 1. The first-order chi connectivity index (χ1) is 17.8. The fourth-order valence-electron chi connectivity index (χ4n) is 6.99. The summed E-state index contributed by atoms with van der Waals surface area (Å²) in [5, 5.41) is 13.5. The fraction of sp³-hybridized carbons (Fsp3) is 0.897. The lowest BCUT2D eigenvalue weighted by molar-refractivity contribution is -0.304. The highest BCUT2D eigenvalue weighted by molar-refractivity contribution is 5.83. The van der Waals surface area contributed by atoms with Crippen molar-refractivity contribution in [1.82, 2.24) is 10.2 Å². The summed E-state index contributed by atoms with van der Waals surface area (Å²) in [6.45, 7) is 9.77. The monoisotopic (exact) mass is 537 g/mol. The number of rotatable bonds is 12. The third-order valence-corrected chi connectivity index (χ3v) is 9.21. The van der Waals surface area contributed by atoms with Crippen LogP contribution < -0.4 is 11.1 Å². The van der Waals surface area contributed by atoms with Crippen LogP contribution in [0.1, 0.15) is 118 Å². The highest BCUT2D eigenvalue weighted by Gasteiger charge is 2.58. The molecule has 0 spiro atoms. The lowest BCUT2D eigenvalue weighted by Crippen LogP contribution is -2.71. The minimum Gasteiger partial charge on any atom is -0.481 e. The molecule has 0 aromatic carbocycles. The Morgan fingerprint density at radius 2 is 1.66 bits per heavy atom. The molecular formula is C29H51N3O6. The van der Waals surface area contributed by atoms with Gasteiger partial charge >= 0.3 is 12.0 Å². The molecule has 218 valence electrons. The molecule has 9 nitrogen and oxygen atoms in total. The van der Waals surface area contributed by atoms with E-state index in [9.17, 15) is 19.5 Å². The SMILES string of the molecule is CCCCCCC1(N(C(N)=O)C2(C(CNC(=O)C3OC(C)(C)OCC3(C)C)C(=O)O)CCCCC2)CCC1. The van der Waals surface area contributed by atoms with E-state index in [1.54, 1.807) is 18.7 Å². The molecule has 2 aliphatic carbocycles. The van der Waals surface area contributed by atoms with Crippen molar-refractivity contribution in [1.29, 1.82) is 0 Å². The van der Waals surface area contributed by atoms with Crippen LogP contribution in [0.3, 0.4) is 0 Å². The Labute approximate surface area is 228 Å². The van der Waals surface area contributed by atoms with Gasteiger partial charge in [0.15, 0.2) is 5.79 Å². The van der Waals surface area contributed by atoms with Gasteiger partial charge in [-0.15, -0.1) is 0 Å². The molecular weight excluding hydrogens is 486 g/mol. The Morgan fingerprint density at radius 1 is 1.00 bits per heavy atom. The molecule has 0 aromatic rings. The van der Waals surface area contributed by atoms with Gasteiger partial charge in [0.1, 0.15) is 6.10 Å². The number of carbonyl (C=O) groups is 3. The van der Waals surface area contributed by atoms with Gasteiger partial charge in [-0.2, -0.15) is 0 Å². The van der Waals surface area contributed by atoms with E-state index in [2.05, 4.69) is 12.2 Å². The zero-order chi connectivity index (χ0) is 28.2. The zero-order valence-electron chi connectivity index (χ0n) is 24.3. The number of unbranched alkanes of at least 4 members (excludes halogenated alkanes) is 3. The first-order valence-corrected chi connectivity index (χ1v) is 14.7. The van der Waals surface area contributed by atoms with Crippen molar-refractivity contribution in [2.24, 2.45) is 17.1 Å². The summed E-state index contributed by atoms with van der Waals surface area (Å²) in [5.41, 5.74) is 4.22. The molecule has 3 rings (SSSR count). The van der Waals surface area contributed by atoms with E-state index < -0.39 is 46.3 Å². The van der Waals surface area contributed by atoms with Crippen LogP contribution in [-0.2, 0) is 19.1 Å². The summed E-state index contributed by atoms with van der Waals surface area (Å²) in [6.07, 6.45) is 10.9. The largest absolute Gasteiger partial charge is 0.481 e. The van der Waals surface area contributed by atoms with Gasteiger partial charge < -0.3 is 30.5 Å². The van der Waals surface area contributed by atoms with Crippen LogP contribution >= 0.6 is 0 Å². The number of nitrogens with one attached hydrogen (secondary N) is 1. The summed E-state index contributed by atoms with van der Waals surface area (Å²) in [7, 11) is 0. The first-order valence-electron chi connectivity index (χ1n) is 14.7. The summed E-state index contributed by atoms with van der Waals surface area (Å²) in [5.74, 6) is -3.24. The standard InChI is InChI=1S/C29H51N3O6/c1-6-7-8-10-14-28(15-13-16-28)32(25(30)36)29(17-11-9-12-18-29)21(24(34)35)19-31-23(33)22-26(2,3)20-37-27(4,5)38-22/h21-22H,6-20H2,1-5H3,(H2,30,36)(H,31,33)(H,34,35). The van der Waals surface area contributed by atoms with Crippen molar-refractivity contribution < 1.29 is 29.0 Å². The van der Waals surface area contributed by atoms with Gasteiger partial charge in [0.2, 0.25) is 5.91 Å². The molecule has 9 heteroatoms. The highest BCUT2D eigenvalue weighted by Crippen LogP contribution is 2.51. The minimum absolute atomic E-state index is 0.0823. The number of nitrogens with two attached hydrogens (primary N) is 1. The Morgan fingerprint density at radius 3 is 2.18 bits per heavy atom. The van der Waals surface area contributed by atoms with E-state index in [1.807, 2.05) is 13.8 Å². The summed E-state index contributed by atoms with van der Waals surface area (Å²) in [6, 6.07) is -0.532. The van der Waals surface area contributed by atoms with Gasteiger partial charge in [0.05, 0.1) is 18.1 Å². The number of carboxylic acid groups (broad SMARTS) is 1. The molecule has 1 heterocycles. The van der Waals surface area contributed by atoms with E-state index in [4.69, 9.17) is 15.2 Å². The minimum atomic E-state index is -1.01. The molecule has 4 N–H and O–H groups in total. The fourth-order valence-corrected chi connectivity index (χ4v) is 6.99. The number of nitrogens with zero attached hydrogens (tertiary/aromatic N) is 1. The van der Waals surface area contributed by atoms with Crippen molar-refractivity contribution in [3.05, 3.63) is 0 Å². The molecule has 0 aromatic heterocycles. The van der Waals surface area contributed by atoms with Crippen molar-refractivity contribution in [3.63, 3.8) is 0 Å². The second kappa shape index (κ2) is 12.1. The number of primary amides is 1. The molecule has 1 saturated heterocycles. The number of carboxylic acids is 1. The molecule has 3 fully saturated rings. The van der Waals surface area contributed by atoms with Crippen LogP contribution in [0.15, 0.2) is 0 Å². The number of ether oxygens (including phenoxy) is 2. The normalized spacial score (nSPS) is 26.0. The average molecular weight is 538 g/mol. The average Bonchev–Trinajstić information content (AvgIpc) is 2.81. The summed E-state index contributed by atoms with van der Waals surface area (Å²) in [4.78, 5) is 41.3. The smallest absolute Gasteiger partial charge is 0.315 e. The van der Waals surface area contributed by atoms with Crippen LogP contribution in [0, 0.1) is 11.3 Å². The van der Waals surface area contributed by atoms with E-state index in [0.29, 0.717) is 19.4 Å². The summed E-state index contributed by atoms with van der Waals surface area (Å²) >= 11 is 0. The van der Waals surface area contributed by atoms with Gasteiger partial charge in [-0.05, 0) is 52.4 Å². The lowest BCUT2D eigenvalue weighted by atomic mass is 9.64. The molecule has 1 aliphatic heterocycles. The molecule has 0 bridgehead atoms. The van der Waals surface area contributed by atoms with Crippen molar-refractivity contribution in [2.75, 3.05) is 13.2 Å². The summed E-state index contributed by atoms with van der Waals surface area (Å²) < 4.78 is 11.7. The van der Waals surface area contributed by atoms with Crippen LogP contribution in [0.2, 0.25) is 0 Å². The first kappa shape index (κ1) is 30.7. The van der Waals surface area contributed by atoms with E-state index in [1.165, 1.54) is 0 Å². The Bertz CT molecular complexity index is 847. The maximum absolute atomic E-state index is 13.4. The van der Waals surface area contributed by atoms with Crippen molar-refractivity contribution in [3.8, 4) is 0 Å². The van der Waals surface area contributed by atoms with Gasteiger partial charge in [0, 0.05) is 17.5 Å². The molecule has 2 unspecified atom stereocenters. The van der Waals surface area contributed by atoms with E-state index >= 15 is 0 Å². The van der Waals surface area contributed by atoms with E-state index in [0.717, 1.165) is 70.6 Å². The number of hydrogen-bond acceptors (Lipinski definition) is 5. The molecule has 38 heavy (non-hydrogen) atoms. The maximum atomic E-state index is 13.4. The van der Waals surface area contributed by atoms with Crippen LogP contribution in [0.4, 0.5) is 4.79 Å². The number of carbonyl (C=O) groups excluding carboxylic acids is 2. The molecule has 2 atom stereocenters. The molecule has 0 radical (unpaired) electrons. The number of urea groups is 1. The Kier molecular flexibility index (Phi) is 9.77. The Balaban J connectivity index is 1.89. The van der Waals surface area contributed by atoms with Gasteiger partial charge in [0.25, 0.3) is 0 Å². The maximum Gasteiger partial charge on any atom is 0.315 e. The van der Waals surface area contributed by atoms with Gasteiger partial charge in [-0.1, -0.05) is 65.7 Å². The number of hydrogen-bond donors (Lipinski definition) is 3. The number of amides is 3. The lowest BCUT2D eigenvalue weighted by Gasteiger charge is -2.60. The predicted molar refractivity (Wildman–Crippen MR) is 145 cm³/mol. The van der Waals surface area contributed by atoms with Crippen LogP contribution in [0.5, 0.6) is 0 Å². The molecule has 3 amide bonds. The van der Waals surface area contributed by atoms with Gasteiger partial charge in [-0.25, -0.2) is 4.79 Å². The predicted octanol–water partition coefficient (Wildman–Crippen LogP) is 4.96. The topological polar surface area (TPSA) is 131 Å². The van der Waals surface area contributed by atoms with Crippen molar-refractivity contribution >= 4 is 17.9 Å².